The highest BCUT2D eigenvalue weighted by atomic mass is 19.1. The number of hydrogen-bond donors (Lipinski definition) is 1. The summed E-state index contributed by atoms with van der Waals surface area (Å²) in [5, 5.41) is 10.1. The van der Waals surface area contributed by atoms with Gasteiger partial charge in [0.2, 0.25) is 0 Å². The quantitative estimate of drug-likeness (QED) is 0.898. The van der Waals surface area contributed by atoms with Crippen LogP contribution in [0.3, 0.4) is 0 Å². The minimum absolute atomic E-state index is 0.289. The first-order valence-electron chi connectivity index (χ1n) is 5.72. The molecular weight excluding hydrogens is 231 g/mol. The lowest BCUT2D eigenvalue weighted by Crippen LogP contribution is -2.02. The van der Waals surface area contributed by atoms with Crippen LogP contribution in [0.15, 0.2) is 48.5 Å². The van der Waals surface area contributed by atoms with Crippen molar-refractivity contribution in [3.05, 3.63) is 71.0 Å². The fraction of sp³-hybridized carbons (Fsp3) is 0.200. The van der Waals surface area contributed by atoms with Crippen molar-refractivity contribution >= 4 is 0 Å². The Labute approximate surface area is 106 Å². The predicted octanol–water partition coefficient (Wildman–Crippen LogP) is 3.05. The highest BCUT2D eigenvalue weighted by Crippen LogP contribution is 2.24. The zero-order valence-electron chi connectivity index (χ0n) is 10.1. The van der Waals surface area contributed by atoms with Crippen LogP contribution in [-0.2, 0) is 11.3 Å². The zero-order valence-corrected chi connectivity index (χ0v) is 10.1. The molecule has 0 heterocycles. The van der Waals surface area contributed by atoms with Crippen molar-refractivity contribution in [1.82, 2.24) is 0 Å². The van der Waals surface area contributed by atoms with E-state index < -0.39 is 11.9 Å². The van der Waals surface area contributed by atoms with Crippen LogP contribution in [0, 0.1) is 5.82 Å². The molecule has 0 saturated heterocycles. The average molecular weight is 246 g/mol. The maximum absolute atomic E-state index is 13.5. The molecule has 0 aliphatic carbocycles. The Morgan fingerprint density at radius 2 is 1.78 bits per heavy atom. The van der Waals surface area contributed by atoms with Gasteiger partial charge < -0.3 is 9.84 Å². The highest BCUT2D eigenvalue weighted by Gasteiger charge is 2.13. The van der Waals surface area contributed by atoms with Crippen LogP contribution in [0.5, 0.6) is 0 Å². The van der Waals surface area contributed by atoms with Gasteiger partial charge in [0.05, 0.1) is 6.61 Å². The lowest BCUT2D eigenvalue weighted by Gasteiger charge is -2.12. The SMILES string of the molecule is COCc1ccc(C(O)c2ccccc2F)cc1. The smallest absolute Gasteiger partial charge is 0.129 e. The molecule has 2 nitrogen and oxygen atoms in total. The van der Waals surface area contributed by atoms with Gasteiger partial charge in [-0.05, 0) is 17.2 Å². The maximum Gasteiger partial charge on any atom is 0.129 e. The summed E-state index contributed by atoms with van der Waals surface area (Å²) in [6.45, 7) is 0.524. The summed E-state index contributed by atoms with van der Waals surface area (Å²) in [4.78, 5) is 0. The largest absolute Gasteiger partial charge is 0.384 e. The van der Waals surface area contributed by atoms with Crippen molar-refractivity contribution in [2.24, 2.45) is 0 Å². The summed E-state index contributed by atoms with van der Waals surface area (Å²) in [7, 11) is 1.63. The molecule has 0 spiro atoms. The number of halogens is 1. The molecular formula is C15H15FO2. The Morgan fingerprint density at radius 1 is 1.11 bits per heavy atom. The van der Waals surface area contributed by atoms with Crippen molar-refractivity contribution in [2.45, 2.75) is 12.7 Å². The van der Waals surface area contributed by atoms with E-state index in [9.17, 15) is 9.50 Å². The fourth-order valence-electron chi connectivity index (χ4n) is 1.84. The van der Waals surface area contributed by atoms with Gasteiger partial charge in [0, 0.05) is 12.7 Å². The van der Waals surface area contributed by atoms with E-state index in [1.54, 1.807) is 37.4 Å². The van der Waals surface area contributed by atoms with Crippen LogP contribution in [0.4, 0.5) is 4.39 Å². The van der Waals surface area contributed by atoms with Crippen LogP contribution in [0.1, 0.15) is 22.8 Å². The highest BCUT2D eigenvalue weighted by molar-refractivity contribution is 5.32. The number of aliphatic hydroxyl groups excluding tert-OH is 1. The van der Waals surface area contributed by atoms with Gasteiger partial charge in [0.25, 0.3) is 0 Å². The number of benzene rings is 2. The Morgan fingerprint density at radius 3 is 2.39 bits per heavy atom. The van der Waals surface area contributed by atoms with E-state index in [4.69, 9.17) is 4.74 Å². The first-order chi connectivity index (χ1) is 8.72. The van der Waals surface area contributed by atoms with E-state index in [1.165, 1.54) is 6.07 Å². The van der Waals surface area contributed by atoms with Gasteiger partial charge >= 0.3 is 0 Å². The summed E-state index contributed by atoms with van der Waals surface area (Å²) in [5.41, 5.74) is 1.97. The Hall–Kier alpha value is -1.71. The summed E-state index contributed by atoms with van der Waals surface area (Å²) >= 11 is 0. The monoisotopic (exact) mass is 246 g/mol. The molecule has 94 valence electrons. The molecule has 0 saturated carbocycles. The Bertz CT molecular complexity index is 508. The number of ether oxygens (including phenoxy) is 1. The van der Waals surface area contributed by atoms with E-state index in [1.807, 2.05) is 12.1 Å². The second-order valence-electron chi connectivity index (χ2n) is 4.10. The standard InChI is InChI=1S/C15H15FO2/c1-18-10-11-6-8-12(9-7-11)15(17)13-4-2-3-5-14(13)16/h2-9,15,17H,10H2,1H3. The van der Waals surface area contributed by atoms with Crippen molar-refractivity contribution in [3.8, 4) is 0 Å². The van der Waals surface area contributed by atoms with Crippen LogP contribution in [-0.4, -0.2) is 12.2 Å². The lowest BCUT2D eigenvalue weighted by atomic mass is 10.00. The third-order valence-electron chi connectivity index (χ3n) is 2.81. The van der Waals surface area contributed by atoms with Gasteiger partial charge in [-0.2, -0.15) is 0 Å². The molecule has 2 rings (SSSR count). The topological polar surface area (TPSA) is 29.5 Å². The summed E-state index contributed by atoms with van der Waals surface area (Å²) in [6.07, 6.45) is -0.942. The molecule has 2 aromatic carbocycles. The van der Waals surface area contributed by atoms with E-state index in [2.05, 4.69) is 0 Å². The van der Waals surface area contributed by atoms with Crippen molar-refractivity contribution in [1.29, 1.82) is 0 Å². The number of methoxy groups -OCH3 is 1. The maximum atomic E-state index is 13.5. The minimum Gasteiger partial charge on any atom is -0.384 e. The van der Waals surface area contributed by atoms with Gasteiger partial charge in [-0.15, -0.1) is 0 Å². The summed E-state index contributed by atoms with van der Waals surface area (Å²) in [5.74, 6) is -0.397. The molecule has 0 aromatic heterocycles. The zero-order chi connectivity index (χ0) is 13.0. The normalized spacial score (nSPS) is 12.4. The van der Waals surface area contributed by atoms with Crippen LogP contribution < -0.4 is 0 Å². The number of hydrogen-bond acceptors (Lipinski definition) is 2. The molecule has 0 aliphatic heterocycles. The van der Waals surface area contributed by atoms with Gasteiger partial charge in [-0.3, -0.25) is 0 Å². The van der Waals surface area contributed by atoms with E-state index in [0.29, 0.717) is 12.2 Å². The third kappa shape index (κ3) is 2.75. The molecule has 1 N–H and O–H groups in total. The second kappa shape index (κ2) is 5.76. The van der Waals surface area contributed by atoms with E-state index >= 15 is 0 Å². The number of rotatable bonds is 4. The molecule has 18 heavy (non-hydrogen) atoms. The van der Waals surface area contributed by atoms with Gasteiger partial charge in [0.1, 0.15) is 11.9 Å². The molecule has 0 aliphatic rings. The molecule has 2 aromatic rings. The number of aliphatic hydroxyl groups is 1. The van der Waals surface area contributed by atoms with Crippen molar-refractivity contribution in [2.75, 3.05) is 7.11 Å². The van der Waals surface area contributed by atoms with Crippen molar-refractivity contribution in [3.63, 3.8) is 0 Å². The predicted molar refractivity (Wildman–Crippen MR) is 67.6 cm³/mol. The van der Waals surface area contributed by atoms with Crippen LogP contribution in [0.25, 0.3) is 0 Å². The van der Waals surface area contributed by atoms with Crippen LogP contribution >= 0.6 is 0 Å². The molecule has 3 heteroatoms. The second-order valence-corrected chi connectivity index (χ2v) is 4.10. The molecule has 0 fully saturated rings. The van der Waals surface area contributed by atoms with E-state index in [-0.39, 0.29) is 5.56 Å². The third-order valence-corrected chi connectivity index (χ3v) is 2.81. The van der Waals surface area contributed by atoms with Gasteiger partial charge in [-0.1, -0.05) is 42.5 Å². The Balaban J connectivity index is 2.23. The minimum atomic E-state index is -0.942. The lowest BCUT2D eigenvalue weighted by molar-refractivity contribution is 0.184. The average Bonchev–Trinajstić information content (AvgIpc) is 2.40. The molecule has 1 atom stereocenters. The molecule has 0 amide bonds. The Kier molecular flexibility index (Phi) is 4.07. The molecule has 0 bridgehead atoms. The van der Waals surface area contributed by atoms with Crippen molar-refractivity contribution < 1.29 is 14.2 Å². The fourth-order valence-corrected chi connectivity index (χ4v) is 1.84. The molecule has 1 unspecified atom stereocenters. The first-order valence-corrected chi connectivity index (χ1v) is 5.72. The van der Waals surface area contributed by atoms with Crippen LogP contribution in [0.2, 0.25) is 0 Å². The van der Waals surface area contributed by atoms with Gasteiger partial charge in [-0.25, -0.2) is 4.39 Å². The van der Waals surface area contributed by atoms with Gasteiger partial charge in [0.15, 0.2) is 0 Å². The summed E-state index contributed by atoms with van der Waals surface area (Å²) in [6, 6.07) is 13.5. The van der Waals surface area contributed by atoms with E-state index in [0.717, 1.165) is 5.56 Å². The summed E-state index contributed by atoms with van der Waals surface area (Å²) < 4.78 is 18.6. The first kappa shape index (κ1) is 12.7. The molecule has 0 radical (unpaired) electrons.